The first kappa shape index (κ1) is 16.7. The molecule has 1 saturated heterocycles. The molecular formula is C13H26F3N3. The van der Waals surface area contributed by atoms with Crippen LogP contribution in [0.25, 0.3) is 0 Å². The number of hydrogen-bond acceptors (Lipinski definition) is 3. The van der Waals surface area contributed by atoms with Crippen LogP contribution >= 0.6 is 0 Å². The molecule has 1 N–H and O–H groups in total. The van der Waals surface area contributed by atoms with E-state index in [1.807, 2.05) is 0 Å². The van der Waals surface area contributed by atoms with Crippen LogP contribution in [0.1, 0.15) is 20.8 Å². The van der Waals surface area contributed by atoms with Crippen LogP contribution in [0.4, 0.5) is 13.2 Å². The highest BCUT2D eigenvalue weighted by Crippen LogP contribution is 2.17. The van der Waals surface area contributed by atoms with E-state index in [4.69, 9.17) is 0 Å². The Balaban J connectivity index is 2.13. The Morgan fingerprint density at radius 2 is 1.53 bits per heavy atom. The van der Waals surface area contributed by atoms with E-state index in [1.165, 1.54) is 4.90 Å². The third kappa shape index (κ3) is 7.13. The standard InChI is InChI=1S/C13H26F3N3/c1-11(2)12(3)17-4-5-18-6-8-19(9-7-18)10-13(14,15)16/h11-12,17H,4-10H2,1-3H3. The molecule has 1 fully saturated rings. The summed E-state index contributed by atoms with van der Waals surface area (Å²) in [6.45, 7) is 10.0. The van der Waals surface area contributed by atoms with Crippen LogP contribution in [0, 0.1) is 5.92 Å². The smallest absolute Gasteiger partial charge is 0.313 e. The van der Waals surface area contributed by atoms with Crippen LogP contribution in [0.15, 0.2) is 0 Å². The fourth-order valence-electron chi connectivity index (χ4n) is 2.11. The van der Waals surface area contributed by atoms with Crippen LogP contribution in [0.5, 0.6) is 0 Å². The summed E-state index contributed by atoms with van der Waals surface area (Å²) in [4.78, 5) is 3.72. The molecule has 0 spiro atoms. The van der Waals surface area contributed by atoms with E-state index in [1.54, 1.807) is 0 Å². The van der Waals surface area contributed by atoms with E-state index >= 15 is 0 Å². The Labute approximate surface area is 114 Å². The molecular weight excluding hydrogens is 255 g/mol. The molecule has 1 atom stereocenters. The van der Waals surface area contributed by atoms with Crippen molar-refractivity contribution in [2.45, 2.75) is 33.0 Å². The van der Waals surface area contributed by atoms with Gasteiger partial charge in [-0.05, 0) is 12.8 Å². The summed E-state index contributed by atoms with van der Waals surface area (Å²) >= 11 is 0. The summed E-state index contributed by atoms with van der Waals surface area (Å²) in [5.74, 6) is 0.601. The molecule has 19 heavy (non-hydrogen) atoms. The molecule has 0 aliphatic carbocycles. The Morgan fingerprint density at radius 1 is 1.00 bits per heavy atom. The highest BCUT2D eigenvalue weighted by atomic mass is 19.4. The molecule has 3 nitrogen and oxygen atoms in total. The van der Waals surface area contributed by atoms with E-state index in [-0.39, 0.29) is 0 Å². The van der Waals surface area contributed by atoms with Crippen LogP contribution < -0.4 is 5.32 Å². The van der Waals surface area contributed by atoms with E-state index in [9.17, 15) is 13.2 Å². The number of rotatable bonds is 6. The number of nitrogens with one attached hydrogen (secondary N) is 1. The second-order valence-electron chi connectivity index (χ2n) is 5.72. The Bertz CT molecular complexity index is 248. The average molecular weight is 281 g/mol. The van der Waals surface area contributed by atoms with Gasteiger partial charge in [-0.25, -0.2) is 0 Å². The maximum absolute atomic E-state index is 12.2. The van der Waals surface area contributed by atoms with Gasteiger partial charge in [0.15, 0.2) is 0 Å². The van der Waals surface area contributed by atoms with Gasteiger partial charge in [-0.1, -0.05) is 13.8 Å². The maximum Gasteiger partial charge on any atom is 0.401 e. The zero-order valence-electron chi connectivity index (χ0n) is 12.1. The lowest BCUT2D eigenvalue weighted by Crippen LogP contribution is -2.50. The number of nitrogens with zero attached hydrogens (tertiary/aromatic N) is 2. The van der Waals surface area contributed by atoms with Crippen molar-refractivity contribution in [3.05, 3.63) is 0 Å². The second-order valence-corrected chi connectivity index (χ2v) is 5.72. The summed E-state index contributed by atoms with van der Waals surface area (Å²) in [6, 6.07) is 0.478. The molecule has 0 aromatic carbocycles. The van der Waals surface area contributed by atoms with Gasteiger partial charge in [-0.3, -0.25) is 9.80 Å². The van der Waals surface area contributed by atoms with E-state index in [2.05, 4.69) is 31.0 Å². The molecule has 1 heterocycles. The molecule has 6 heteroatoms. The van der Waals surface area contributed by atoms with Gasteiger partial charge >= 0.3 is 6.18 Å². The first-order chi connectivity index (χ1) is 8.78. The molecule has 1 aliphatic heterocycles. The minimum atomic E-state index is -4.07. The first-order valence-corrected chi connectivity index (χ1v) is 7.03. The Morgan fingerprint density at radius 3 is 2.00 bits per heavy atom. The van der Waals surface area contributed by atoms with Crippen LogP contribution in [0.2, 0.25) is 0 Å². The van der Waals surface area contributed by atoms with Crippen LogP contribution in [0.3, 0.4) is 0 Å². The number of piperazine rings is 1. The highest BCUT2D eigenvalue weighted by molar-refractivity contribution is 4.75. The number of alkyl halides is 3. The van der Waals surface area contributed by atoms with Crippen LogP contribution in [-0.2, 0) is 0 Å². The van der Waals surface area contributed by atoms with E-state index in [0.717, 1.165) is 26.2 Å². The van der Waals surface area contributed by atoms with Gasteiger partial charge in [-0.15, -0.1) is 0 Å². The molecule has 0 bridgehead atoms. The summed E-state index contributed by atoms with van der Waals surface area (Å²) < 4.78 is 36.7. The van der Waals surface area contributed by atoms with Crippen molar-refractivity contribution in [2.24, 2.45) is 5.92 Å². The van der Waals surface area contributed by atoms with Crippen molar-refractivity contribution >= 4 is 0 Å². The summed E-state index contributed by atoms with van der Waals surface area (Å²) in [5.41, 5.74) is 0. The van der Waals surface area contributed by atoms with Crippen molar-refractivity contribution in [3.8, 4) is 0 Å². The molecule has 0 radical (unpaired) electrons. The van der Waals surface area contributed by atoms with E-state index < -0.39 is 12.7 Å². The molecule has 1 unspecified atom stereocenters. The molecule has 0 aromatic rings. The van der Waals surface area contributed by atoms with Gasteiger partial charge in [0.1, 0.15) is 0 Å². The van der Waals surface area contributed by atoms with Gasteiger partial charge in [0.05, 0.1) is 6.54 Å². The molecule has 0 aromatic heterocycles. The summed E-state index contributed by atoms with van der Waals surface area (Å²) in [7, 11) is 0. The maximum atomic E-state index is 12.2. The third-order valence-electron chi connectivity index (χ3n) is 3.76. The quantitative estimate of drug-likeness (QED) is 0.801. The molecule has 0 saturated carbocycles. The predicted molar refractivity (Wildman–Crippen MR) is 71.2 cm³/mol. The molecule has 1 rings (SSSR count). The van der Waals surface area contributed by atoms with Crippen molar-refractivity contribution in [3.63, 3.8) is 0 Å². The molecule has 114 valence electrons. The highest BCUT2D eigenvalue weighted by Gasteiger charge is 2.31. The average Bonchev–Trinajstić information content (AvgIpc) is 2.29. The van der Waals surface area contributed by atoms with Crippen molar-refractivity contribution in [1.82, 2.24) is 15.1 Å². The predicted octanol–water partition coefficient (Wildman–Crippen LogP) is 1.80. The van der Waals surface area contributed by atoms with Gasteiger partial charge in [0.25, 0.3) is 0 Å². The topological polar surface area (TPSA) is 18.5 Å². The second kappa shape index (κ2) is 7.45. The number of halogens is 3. The number of hydrogen-bond donors (Lipinski definition) is 1. The zero-order chi connectivity index (χ0) is 14.5. The van der Waals surface area contributed by atoms with Gasteiger partial charge < -0.3 is 5.32 Å². The largest absolute Gasteiger partial charge is 0.401 e. The third-order valence-corrected chi connectivity index (χ3v) is 3.76. The fourth-order valence-corrected chi connectivity index (χ4v) is 2.11. The lowest BCUT2D eigenvalue weighted by molar-refractivity contribution is -0.149. The van der Waals surface area contributed by atoms with Crippen molar-refractivity contribution in [1.29, 1.82) is 0 Å². The normalized spacial score (nSPS) is 21.0. The van der Waals surface area contributed by atoms with Gasteiger partial charge in [-0.2, -0.15) is 13.2 Å². The SMILES string of the molecule is CC(C)C(C)NCCN1CCN(CC(F)(F)F)CC1. The van der Waals surface area contributed by atoms with Gasteiger partial charge in [0, 0.05) is 45.3 Å². The first-order valence-electron chi connectivity index (χ1n) is 7.03. The summed E-state index contributed by atoms with van der Waals surface area (Å²) in [5, 5.41) is 3.44. The molecule has 1 aliphatic rings. The minimum absolute atomic E-state index is 0.478. The van der Waals surface area contributed by atoms with Crippen molar-refractivity contribution < 1.29 is 13.2 Å². The monoisotopic (exact) mass is 281 g/mol. The van der Waals surface area contributed by atoms with Gasteiger partial charge in [0.2, 0.25) is 0 Å². The molecule has 0 amide bonds. The summed E-state index contributed by atoms with van der Waals surface area (Å²) in [6.07, 6.45) is -4.07. The Hall–Kier alpha value is -0.330. The lowest BCUT2D eigenvalue weighted by Gasteiger charge is -2.35. The Kier molecular flexibility index (Phi) is 6.56. The minimum Gasteiger partial charge on any atom is -0.313 e. The lowest BCUT2D eigenvalue weighted by atomic mass is 10.1. The van der Waals surface area contributed by atoms with E-state index in [0.29, 0.717) is 25.0 Å². The fraction of sp³-hybridized carbons (Fsp3) is 1.00. The van der Waals surface area contributed by atoms with Crippen molar-refractivity contribution in [2.75, 3.05) is 45.8 Å². The zero-order valence-corrected chi connectivity index (χ0v) is 12.1. The van der Waals surface area contributed by atoms with Crippen LogP contribution in [-0.4, -0.2) is 67.8 Å².